The van der Waals surface area contributed by atoms with Crippen molar-refractivity contribution in [3.8, 4) is 11.1 Å². The number of aryl methyl sites for hydroxylation is 7. The second-order valence-corrected chi connectivity index (χ2v) is 19.3. The molecule has 67 heavy (non-hydrogen) atoms. The summed E-state index contributed by atoms with van der Waals surface area (Å²) in [6, 6.07) is 69.0. The van der Waals surface area contributed by atoms with E-state index in [0.717, 1.165) is 41.3 Å². The van der Waals surface area contributed by atoms with Crippen molar-refractivity contribution < 1.29 is 0 Å². The summed E-state index contributed by atoms with van der Waals surface area (Å²) in [5, 5.41) is 2.66. The van der Waals surface area contributed by atoms with Gasteiger partial charge in [-0.3, -0.25) is 0 Å². The molecule has 0 atom stereocenters. The van der Waals surface area contributed by atoms with E-state index in [4.69, 9.17) is 0 Å². The molecule has 0 N–H and O–H groups in total. The lowest BCUT2D eigenvalue weighted by Gasteiger charge is -2.45. The Morgan fingerprint density at radius 2 is 1.01 bits per heavy atom. The van der Waals surface area contributed by atoms with Crippen LogP contribution in [0.3, 0.4) is 0 Å². The second-order valence-electron chi connectivity index (χ2n) is 19.3. The minimum absolute atomic E-state index is 0.0153. The van der Waals surface area contributed by atoms with Gasteiger partial charge in [0.2, 0.25) is 0 Å². The molecule has 1 aliphatic carbocycles. The summed E-state index contributed by atoms with van der Waals surface area (Å²) < 4.78 is 2.51. The first-order valence-corrected chi connectivity index (χ1v) is 23.9. The average Bonchev–Trinajstić information content (AvgIpc) is 3.95. The van der Waals surface area contributed by atoms with Gasteiger partial charge in [0.1, 0.15) is 0 Å². The van der Waals surface area contributed by atoms with Gasteiger partial charge in [-0.25, -0.2) is 0 Å². The largest absolute Gasteiger partial charge is 0.343 e. The predicted molar refractivity (Wildman–Crippen MR) is 286 cm³/mol. The molecule has 0 radical (unpaired) electrons. The third-order valence-electron chi connectivity index (χ3n) is 14.9. The molecule has 0 spiro atoms. The van der Waals surface area contributed by atoms with Gasteiger partial charge in [-0.15, -0.1) is 0 Å². The van der Waals surface area contributed by atoms with Crippen molar-refractivity contribution in [3.63, 3.8) is 0 Å². The zero-order valence-electron chi connectivity index (χ0n) is 38.8. The highest BCUT2D eigenvalue weighted by atomic mass is 15.2. The highest BCUT2D eigenvalue weighted by Crippen LogP contribution is 2.49. The molecule has 9 aromatic carbocycles. The molecule has 0 fully saturated rings. The summed E-state index contributed by atoms with van der Waals surface area (Å²) in [5.74, 6) is 0. The fraction of sp³-hybridized carbons (Fsp3) is 0.129. The van der Waals surface area contributed by atoms with E-state index in [-0.39, 0.29) is 6.71 Å². The third-order valence-corrected chi connectivity index (χ3v) is 14.9. The average molecular weight is 863 g/mol. The summed E-state index contributed by atoms with van der Waals surface area (Å²) in [6.07, 6.45) is 3.53. The standard InChI is InChI=1S/C62H51BN4/c1-39-14-24-46(25-15-39)65(47-30-21-44(22-31-47)43-10-7-6-8-11-43)50-35-59-61-60(36-50)67(49-28-18-41(3)19-29-49)58-37-53-52-32-23-45-12-9-13-51(45)62(52)64(5)57(53)38-55(58)63(61)54-34-42(4)20-33-56(54)66(59)48-26-16-40(2)17-27-48/h6-8,10-11,14-38H,9,12-13H2,1-5H3. The summed E-state index contributed by atoms with van der Waals surface area (Å²) in [6.45, 7) is 8.76. The number of fused-ring (bicyclic) bond motifs is 9. The molecule has 0 saturated carbocycles. The summed E-state index contributed by atoms with van der Waals surface area (Å²) in [4.78, 5) is 7.57. The molecule has 13 rings (SSSR count). The minimum atomic E-state index is -0.0153. The van der Waals surface area contributed by atoms with E-state index in [1.807, 2.05) is 0 Å². The smallest absolute Gasteiger partial charge is 0.252 e. The lowest BCUT2D eigenvalue weighted by atomic mass is 9.33. The van der Waals surface area contributed by atoms with E-state index in [1.54, 1.807) is 0 Å². The number of hydrogen-bond donors (Lipinski definition) is 0. The molecule has 0 saturated heterocycles. The summed E-state index contributed by atoms with van der Waals surface area (Å²) in [5.41, 5.74) is 27.5. The van der Waals surface area contributed by atoms with Crippen LogP contribution in [0.4, 0.5) is 51.2 Å². The molecule has 5 heteroatoms. The quantitative estimate of drug-likeness (QED) is 0.155. The first-order valence-electron chi connectivity index (χ1n) is 23.9. The van der Waals surface area contributed by atoms with Crippen LogP contribution in [0.1, 0.15) is 39.8 Å². The summed E-state index contributed by atoms with van der Waals surface area (Å²) >= 11 is 0. The highest BCUT2D eigenvalue weighted by molar-refractivity contribution is 7.00. The number of aromatic nitrogens is 1. The van der Waals surface area contributed by atoms with E-state index < -0.39 is 0 Å². The van der Waals surface area contributed by atoms with Crippen LogP contribution in [0.25, 0.3) is 32.9 Å². The topological polar surface area (TPSA) is 14.7 Å². The van der Waals surface area contributed by atoms with Crippen molar-refractivity contribution in [2.45, 2.75) is 47.0 Å². The van der Waals surface area contributed by atoms with Gasteiger partial charge >= 0.3 is 0 Å². The Morgan fingerprint density at radius 1 is 0.448 bits per heavy atom. The van der Waals surface area contributed by atoms with Crippen molar-refractivity contribution >= 4 is 96.1 Å². The Bertz CT molecular complexity index is 3590. The maximum atomic E-state index is 2.58. The van der Waals surface area contributed by atoms with Crippen molar-refractivity contribution in [1.29, 1.82) is 0 Å². The lowest BCUT2D eigenvalue weighted by molar-refractivity contribution is 0.908. The molecule has 3 aliphatic rings. The first kappa shape index (κ1) is 39.6. The molecular formula is C62H51BN4. The van der Waals surface area contributed by atoms with Gasteiger partial charge in [-0.1, -0.05) is 125 Å². The van der Waals surface area contributed by atoms with Crippen molar-refractivity contribution in [3.05, 3.63) is 215 Å². The fourth-order valence-electron chi connectivity index (χ4n) is 11.6. The Morgan fingerprint density at radius 3 is 1.67 bits per heavy atom. The number of hydrogen-bond acceptors (Lipinski definition) is 3. The maximum Gasteiger partial charge on any atom is 0.252 e. The second kappa shape index (κ2) is 15.1. The molecular weight excluding hydrogens is 812 g/mol. The van der Waals surface area contributed by atoms with Gasteiger partial charge in [0.15, 0.2) is 0 Å². The van der Waals surface area contributed by atoms with Gasteiger partial charge in [0.05, 0.1) is 11.2 Å². The minimum Gasteiger partial charge on any atom is -0.343 e. The molecule has 2 aliphatic heterocycles. The van der Waals surface area contributed by atoms with Gasteiger partial charge in [0, 0.05) is 68.8 Å². The van der Waals surface area contributed by atoms with Crippen LogP contribution < -0.4 is 31.1 Å². The van der Waals surface area contributed by atoms with Crippen LogP contribution in [0.2, 0.25) is 0 Å². The molecule has 4 nitrogen and oxygen atoms in total. The number of anilines is 9. The molecule has 0 amide bonds. The zero-order valence-corrected chi connectivity index (χ0v) is 38.8. The predicted octanol–water partition coefficient (Wildman–Crippen LogP) is 14.3. The highest BCUT2D eigenvalue weighted by Gasteiger charge is 2.44. The van der Waals surface area contributed by atoms with Crippen LogP contribution in [-0.4, -0.2) is 11.3 Å². The van der Waals surface area contributed by atoms with Crippen LogP contribution in [0, 0.1) is 27.7 Å². The normalized spacial score (nSPS) is 13.5. The van der Waals surface area contributed by atoms with Gasteiger partial charge < -0.3 is 19.3 Å². The van der Waals surface area contributed by atoms with E-state index in [2.05, 4.69) is 236 Å². The van der Waals surface area contributed by atoms with Crippen molar-refractivity contribution in [2.24, 2.45) is 7.05 Å². The molecule has 0 unspecified atom stereocenters. The fourth-order valence-corrected chi connectivity index (χ4v) is 11.6. The Balaban J connectivity index is 1.14. The molecule has 3 heterocycles. The Labute approximate surface area is 394 Å². The first-order chi connectivity index (χ1) is 32.8. The van der Waals surface area contributed by atoms with Crippen LogP contribution in [0.5, 0.6) is 0 Å². The number of rotatable bonds is 6. The Hall–Kier alpha value is -7.76. The van der Waals surface area contributed by atoms with Gasteiger partial charge in [-0.05, 0) is 164 Å². The monoisotopic (exact) mass is 862 g/mol. The number of benzene rings is 9. The molecule has 10 aromatic rings. The van der Waals surface area contributed by atoms with Crippen LogP contribution >= 0.6 is 0 Å². The SMILES string of the molecule is Cc1ccc(N(c2ccc(-c3ccccc3)cc2)c2cc3c4c(c2)N(c2ccc(C)cc2)c2cc5c6ccc7c(c6n(C)c5cc2B4c2cc(C)ccc2N3c2ccc(C)cc2)CCC7)cc1. The maximum absolute atomic E-state index is 2.58. The van der Waals surface area contributed by atoms with Crippen LogP contribution in [0.15, 0.2) is 182 Å². The van der Waals surface area contributed by atoms with Crippen LogP contribution in [-0.2, 0) is 19.9 Å². The van der Waals surface area contributed by atoms with E-state index in [9.17, 15) is 0 Å². The molecule has 322 valence electrons. The lowest BCUT2D eigenvalue weighted by Crippen LogP contribution is -2.61. The van der Waals surface area contributed by atoms with Gasteiger partial charge in [-0.2, -0.15) is 0 Å². The van der Waals surface area contributed by atoms with E-state index in [1.165, 1.54) is 112 Å². The molecule has 0 bridgehead atoms. The number of nitrogens with zero attached hydrogens (tertiary/aromatic N) is 4. The van der Waals surface area contributed by atoms with E-state index >= 15 is 0 Å². The zero-order chi connectivity index (χ0) is 45.1. The van der Waals surface area contributed by atoms with Gasteiger partial charge in [0.25, 0.3) is 6.71 Å². The van der Waals surface area contributed by atoms with Crippen molar-refractivity contribution in [1.82, 2.24) is 4.57 Å². The Kier molecular flexibility index (Phi) is 8.95. The summed E-state index contributed by atoms with van der Waals surface area (Å²) in [7, 11) is 2.30. The van der Waals surface area contributed by atoms with E-state index in [0.29, 0.717) is 0 Å². The van der Waals surface area contributed by atoms with Crippen molar-refractivity contribution in [2.75, 3.05) is 14.7 Å². The third kappa shape index (κ3) is 6.21. The molecule has 1 aromatic heterocycles.